The van der Waals surface area contributed by atoms with Gasteiger partial charge in [0.15, 0.2) is 0 Å². The Bertz CT molecular complexity index is 202. The zero-order valence-electron chi connectivity index (χ0n) is 9.41. The Labute approximate surface area is 91.8 Å². The van der Waals surface area contributed by atoms with Gasteiger partial charge in [0.25, 0.3) is 0 Å². The van der Waals surface area contributed by atoms with Gasteiger partial charge < -0.3 is 9.64 Å². The molecule has 3 heteroatoms. The predicted octanol–water partition coefficient (Wildman–Crippen LogP) is 1.47. The van der Waals surface area contributed by atoms with Crippen molar-refractivity contribution in [3.8, 4) is 0 Å². The molecule has 2 aliphatic heterocycles. The summed E-state index contributed by atoms with van der Waals surface area (Å²) in [5.74, 6) is 1.30. The highest BCUT2D eigenvalue weighted by Crippen LogP contribution is 2.19. The van der Waals surface area contributed by atoms with E-state index in [9.17, 15) is 4.79 Å². The Kier molecular flexibility index (Phi) is 4.15. The van der Waals surface area contributed by atoms with Crippen molar-refractivity contribution in [1.82, 2.24) is 4.90 Å². The normalized spacial score (nSPS) is 25.7. The van der Waals surface area contributed by atoms with E-state index in [2.05, 4.69) is 4.90 Å². The van der Waals surface area contributed by atoms with Gasteiger partial charge in [-0.15, -0.1) is 0 Å². The monoisotopic (exact) mass is 211 g/mol. The summed E-state index contributed by atoms with van der Waals surface area (Å²) in [4.78, 5) is 13.5. The smallest absolute Gasteiger partial charge is 0.135 e. The molecule has 2 aliphatic rings. The van der Waals surface area contributed by atoms with Gasteiger partial charge in [0.05, 0.1) is 0 Å². The lowest BCUT2D eigenvalue weighted by Crippen LogP contribution is -2.35. The van der Waals surface area contributed by atoms with Gasteiger partial charge in [0.1, 0.15) is 5.78 Å². The molecule has 0 aromatic carbocycles. The van der Waals surface area contributed by atoms with Gasteiger partial charge in [-0.25, -0.2) is 0 Å². The fourth-order valence-corrected chi connectivity index (χ4v) is 2.43. The number of rotatable bonds is 3. The summed E-state index contributed by atoms with van der Waals surface area (Å²) in [5.41, 5.74) is 0. The highest BCUT2D eigenvalue weighted by atomic mass is 16.5. The third-order valence-corrected chi connectivity index (χ3v) is 3.61. The van der Waals surface area contributed by atoms with Crippen LogP contribution >= 0.6 is 0 Å². The predicted molar refractivity (Wildman–Crippen MR) is 58.8 cm³/mol. The van der Waals surface area contributed by atoms with E-state index in [0.29, 0.717) is 5.78 Å². The summed E-state index contributed by atoms with van der Waals surface area (Å²) >= 11 is 0. The van der Waals surface area contributed by atoms with E-state index in [1.165, 1.54) is 25.8 Å². The lowest BCUT2D eigenvalue weighted by molar-refractivity contribution is -0.121. The molecule has 0 saturated carbocycles. The van der Waals surface area contributed by atoms with Crippen LogP contribution in [0, 0.1) is 5.92 Å². The van der Waals surface area contributed by atoms with E-state index in [-0.39, 0.29) is 0 Å². The topological polar surface area (TPSA) is 29.5 Å². The molecule has 0 spiro atoms. The second-order valence-electron chi connectivity index (χ2n) is 4.72. The zero-order valence-corrected chi connectivity index (χ0v) is 9.41. The summed E-state index contributed by atoms with van der Waals surface area (Å²) in [7, 11) is 0. The van der Waals surface area contributed by atoms with E-state index in [4.69, 9.17) is 4.74 Å². The van der Waals surface area contributed by atoms with Crippen LogP contribution in [0.25, 0.3) is 0 Å². The SMILES string of the molecule is O=C1CCN(CCC2CCOCC2)CC1. The summed E-state index contributed by atoms with van der Waals surface area (Å²) < 4.78 is 5.35. The molecule has 0 aromatic rings. The molecule has 2 rings (SSSR count). The van der Waals surface area contributed by atoms with Crippen LogP contribution in [0.15, 0.2) is 0 Å². The average Bonchev–Trinajstić information content (AvgIpc) is 2.30. The van der Waals surface area contributed by atoms with Crippen LogP contribution < -0.4 is 0 Å². The summed E-state index contributed by atoms with van der Waals surface area (Å²) in [6, 6.07) is 0. The van der Waals surface area contributed by atoms with Crippen molar-refractivity contribution in [1.29, 1.82) is 0 Å². The lowest BCUT2D eigenvalue weighted by Gasteiger charge is -2.29. The van der Waals surface area contributed by atoms with Crippen LogP contribution in [0.2, 0.25) is 0 Å². The molecular weight excluding hydrogens is 190 g/mol. The molecule has 2 saturated heterocycles. The Hall–Kier alpha value is -0.410. The molecule has 2 fully saturated rings. The van der Waals surface area contributed by atoms with E-state index in [0.717, 1.165) is 45.1 Å². The molecule has 0 unspecified atom stereocenters. The third-order valence-electron chi connectivity index (χ3n) is 3.61. The summed E-state index contributed by atoms with van der Waals surface area (Å²) in [6.07, 6.45) is 5.29. The highest BCUT2D eigenvalue weighted by Gasteiger charge is 2.18. The number of carbonyl (C=O) groups excluding carboxylic acids is 1. The number of ketones is 1. The van der Waals surface area contributed by atoms with Gasteiger partial charge in [0, 0.05) is 39.1 Å². The molecule has 0 amide bonds. The first-order chi connectivity index (χ1) is 7.34. The van der Waals surface area contributed by atoms with Crippen molar-refractivity contribution in [3.05, 3.63) is 0 Å². The molecule has 3 nitrogen and oxygen atoms in total. The fraction of sp³-hybridized carbons (Fsp3) is 0.917. The number of piperidine rings is 1. The Morgan fingerprint density at radius 1 is 1.20 bits per heavy atom. The summed E-state index contributed by atoms with van der Waals surface area (Å²) in [5, 5.41) is 0. The van der Waals surface area contributed by atoms with Crippen LogP contribution in [-0.2, 0) is 9.53 Å². The van der Waals surface area contributed by atoms with Gasteiger partial charge in [0.2, 0.25) is 0 Å². The first-order valence-electron chi connectivity index (χ1n) is 6.16. The van der Waals surface area contributed by atoms with Gasteiger partial charge in [-0.1, -0.05) is 0 Å². The standard InChI is InChI=1S/C12H21NO2/c14-12-2-7-13(8-3-12)6-1-11-4-9-15-10-5-11/h11H,1-10H2. The minimum absolute atomic E-state index is 0.442. The van der Waals surface area contributed by atoms with Crippen LogP contribution in [-0.4, -0.2) is 43.5 Å². The van der Waals surface area contributed by atoms with Crippen molar-refractivity contribution in [2.75, 3.05) is 32.8 Å². The Balaban J connectivity index is 1.62. The van der Waals surface area contributed by atoms with Crippen molar-refractivity contribution >= 4 is 5.78 Å². The van der Waals surface area contributed by atoms with Crippen molar-refractivity contribution in [2.45, 2.75) is 32.1 Å². The van der Waals surface area contributed by atoms with Crippen LogP contribution in [0.3, 0.4) is 0 Å². The second-order valence-corrected chi connectivity index (χ2v) is 4.72. The van der Waals surface area contributed by atoms with Crippen LogP contribution in [0.5, 0.6) is 0 Å². The van der Waals surface area contributed by atoms with E-state index < -0.39 is 0 Å². The minimum Gasteiger partial charge on any atom is -0.381 e. The molecule has 0 aromatic heterocycles. The summed E-state index contributed by atoms with van der Waals surface area (Å²) in [6.45, 7) is 5.05. The number of nitrogens with zero attached hydrogens (tertiary/aromatic N) is 1. The van der Waals surface area contributed by atoms with E-state index >= 15 is 0 Å². The van der Waals surface area contributed by atoms with Crippen LogP contribution in [0.4, 0.5) is 0 Å². The molecular formula is C12H21NO2. The van der Waals surface area contributed by atoms with Crippen molar-refractivity contribution < 1.29 is 9.53 Å². The maximum atomic E-state index is 11.1. The number of hydrogen-bond donors (Lipinski definition) is 0. The largest absolute Gasteiger partial charge is 0.381 e. The van der Waals surface area contributed by atoms with Crippen molar-refractivity contribution in [2.24, 2.45) is 5.92 Å². The lowest BCUT2D eigenvalue weighted by atomic mass is 9.96. The average molecular weight is 211 g/mol. The first kappa shape index (κ1) is 11.1. The zero-order chi connectivity index (χ0) is 10.5. The number of Topliss-reactive ketones (excluding diaryl/α,β-unsaturated/α-hetero) is 1. The highest BCUT2D eigenvalue weighted by molar-refractivity contribution is 5.79. The molecule has 0 radical (unpaired) electrons. The Morgan fingerprint density at radius 2 is 1.87 bits per heavy atom. The molecule has 0 N–H and O–H groups in total. The Morgan fingerprint density at radius 3 is 2.53 bits per heavy atom. The minimum atomic E-state index is 0.442. The van der Waals surface area contributed by atoms with Gasteiger partial charge in [-0.3, -0.25) is 4.79 Å². The number of ether oxygens (including phenoxy) is 1. The van der Waals surface area contributed by atoms with Gasteiger partial charge in [-0.05, 0) is 31.7 Å². The molecule has 0 bridgehead atoms. The molecule has 0 aliphatic carbocycles. The molecule has 0 atom stereocenters. The van der Waals surface area contributed by atoms with E-state index in [1.807, 2.05) is 0 Å². The van der Waals surface area contributed by atoms with Gasteiger partial charge >= 0.3 is 0 Å². The van der Waals surface area contributed by atoms with Crippen LogP contribution in [0.1, 0.15) is 32.1 Å². The quantitative estimate of drug-likeness (QED) is 0.708. The van der Waals surface area contributed by atoms with Crippen molar-refractivity contribution in [3.63, 3.8) is 0 Å². The number of hydrogen-bond acceptors (Lipinski definition) is 3. The molecule has 2 heterocycles. The molecule has 15 heavy (non-hydrogen) atoms. The van der Waals surface area contributed by atoms with E-state index in [1.54, 1.807) is 0 Å². The molecule has 86 valence electrons. The fourth-order valence-electron chi connectivity index (χ4n) is 2.43. The van der Waals surface area contributed by atoms with Gasteiger partial charge in [-0.2, -0.15) is 0 Å². The number of carbonyl (C=O) groups is 1. The second kappa shape index (κ2) is 5.61. The first-order valence-corrected chi connectivity index (χ1v) is 6.16. The third kappa shape index (κ3) is 3.58. The maximum Gasteiger partial charge on any atom is 0.135 e. The maximum absolute atomic E-state index is 11.1. The number of likely N-dealkylation sites (tertiary alicyclic amines) is 1.